The molecule has 0 fully saturated rings. The average Bonchev–Trinajstić information content (AvgIpc) is 3.13. The Bertz CT molecular complexity index is 2380. The number of anilines is 4. The van der Waals surface area contributed by atoms with Crippen LogP contribution in [0.5, 0.6) is 0 Å². The van der Waals surface area contributed by atoms with Crippen LogP contribution in [0.4, 0.5) is 28.7 Å². The Morgan fingerprint density at radius 3 is 1.57 bits per heavy atom. The zero-order valence-electron chi connectivity index (χ0n) is 33.4. The molecule has 0 atom stereocenters. The van der Waals surface area contributed by atoms with Gasteiger partial charge in [-0.25, -0.2) is 23.1 Å². The van der Waals surface area contributed by atoms with Crippen LogP contribution in [-0.4, -0.2) is 49.2 Å². The lowest BCUT2D eigenvalue weighted by molar-refractivity contribution is -0.385. The highest BCUT2D eigenvalue weighted by Crippen LogP contribution is 2.33. The van der Waals surface area contributed by atoms with Crippen LogP contribution in [0, 0.1) is 24.0 Å². The summed E-state index contributed by atoms with van der Waals surface area (Å²) < 4.78 is 27.7. The fraction of sp³-hybridized carbons (Fsp3) is 0.286. The molecule has 5 rings (SSSR count). The lowest BCUT2D eigenvalue weighted by Gasteiger charge is -2.26. The van der Waals surface area contributed by atoms with Gasteiger partial charge in [0.25, 0.3) is 27.5 Å². The highest BCUT2D eigenvalue weighted by molar-refractivity contribution is 7.90. The van der Waals surface area contributed by atoms with Crippen molar-refractivity contribution < 1.29 is 22.9 Å². The molecule has 5 aromatic rings. The number of rotatable bonds is 9. The molecular formula is C42H49N7O6S. The molecule has 0 aliphatic heterocycles. The van der Waals surface area contributed by atoms with Gasteiger partial charge in [0.2, 0.25) is 0 Å². The second-order valence-corrected chi connectivity index (χ2v) is 17.1. The number of nitro benzene ring substituents is 1. The maximum absolute atomic E-state index is 13.2. The van der Waals surface area contributed by atoms with E-state index in [9.17, 15) is 28.1 Å². The fourth-order valence-electron chi connectivity index (χ4n) is 5.72. The summed E-state index contributed by atoms with van der Waals surface area (Å²) in [5, 5.41) is 11.0. The van der Waals surface area contributed by atoms with E-state index in [-0.39, 0.29) is 27.1 Å². The predicted octanol–water partition coefficient (Wildman–Crippen LogP) is 8.04. The quantitative estimate of drug-likeness (QED) is 0.110. The van der Waals surface area contributed by atoms with E-state index in [4.69, 9.17) is 15.7 Å². The van der Waals surface area contributed by atoms with E-state index in [1.165, 1.54) is 24.3 Å². The molecule has 3 aromatic carbocycles. The molecule has 2 aromatic heterocycles. The van der Waals surface area contributed by atoms with E-state index >= 15 is 0 Å². The molecule has 14 heteroatoms. The van der Waals surface area contributed by atoms with Crippen LogP contribution in [0.3, 0.4) is 0 Å². The first-order chi connectivity index (χ1) is 26.0. The van der Waals surface area contributed by atoms with Crippen molar-refractivity contribution in [1.82, 2.24) is 14.7 Å². The number of hydrogen-bond acceptors (Lipinski definition) is 10. The van der Waals surface area contributed by atoms with E-state index in [0.717, 1.165) is 40.0 Å². The van der Waals surface area contributed by atoms with Gasteiger partial charge < -0.3 is 15.5 Å². The van der Waals surface area contributed by atoms with E-state index in [0.29, 0.717) is 11.4 Å². The van der Waals surface area contributed by atoms with Gasteiger partial charge in [-0.1, -0.05) is 84.0 Å². The maximum Gasteiger partial charge on any atom is 0.270 e. The first-order valence-corrected chi connectivity index (χ1v) is 19.2. The molecule has 2 amide bonds. The third-order valence-corrected chi connectivity index (χ3v) is 10.3. The largest absolute Gasteiger partial charge is 0.365 e. The van der Waals surface area contributed by atoms with E-state index in [1.807, 2.05) is 106 Å². The summed E-state index contributed by atoms with van der Waals surface area (Å²) in [6, 6.07) is 26.9. The number of aryl methyl sites for hydroxylation is 2. The highest BCUT2D eigenvalue weighted by atomic mass is 32.2. The Kier molecular flexibility index (Phi) is 12.7. The maximum atomic E-state index is 13.2. The van der Waals surface area contributed by atoms with Crippen LogP contribution in [0.25, 0.3) is 0 Å². The number of nitrogens with one attached hydrogen (secondary N) is 1. The lowest BCUT2D eigenvalue weighted by atomic mass is 9.91. The Hall–Kier alpha value is -6.15. The van der Waals surface area contributed by atoms with Crippen LogP contribution in [0.1, 0.15) is 84.8 Å². The second-order valence-electron chi connectivity index (χ2n) is 15.4. The minimum atomic E-state index is -4.37. The number of nitrogens with zero attached hydrogens (tertiary/aromatic N) is 5. The van der Waals surface area contributed by atoms with Crippen molar-refractivity contribution >= 4 is 50.5 Å². The first-order valence-electron chi connectivity index (χ1n) is 17.8. The molecule has 13 nitrogen and oxygen atoms in total. The van der Waals surface area contributed by atoms with Gasteiger partial charge in [-0.05, 0) is 67.4 Å². The standard InChI is InChI=1S/C24H26N4O5S.C18H23N3O/c1-16-9-6-7-12-20(16)27(5)22-19(13-14-21(25-22)24(2,3)4)23(29)26-34(32,33)18-11-8-10-17(15-18)28(30)31;1-12-8-6-7-9-14(12)21(5)17-13(16(19)22)10-11-15(20-17)18(2,3)4/h6-15H,1-5H3,(H,26,29);6-11H,1-5H3,(H2,19,22). The third-order valence-electron chi connectivity index (χ3n) is 8.95. The van der Waals surface area contributed by atoms with E-state index < -0.39 is 32.4 Å². The van der Waals surface area contributed by atoms with Crippen molar-refractivity contribution in [2.75, 3.05) is 23.9 Å². The Balaban J connectivity index is 0.000000273. The summed E-state index contributed by atoms with van der Waals surface area (Å²) in [6.07, 6.45) is 0. The topological polar surface area (TPSA) is 182 Å². The number of nitro groups is 1. The molecule has 0 aliphatic carbocycles. The minimum absolute atomic E-state index is 0.0489. The molecule has 0 bridgehead atoms. The van der Waals surface area contributed by atoms with E-state index in [1.54, 1.807) is 24.1 Å². The molecule has 294 valence electrons. The normalized spacial score (nSPS) is 11.5. The molecule has 0 radical (unpaired) electrons. The van der Waals surface area contributed by atoms with Crippen molar-refractivity contribution in [2.45, 2.75) is 71.1 Å². The number of benzene rings is 3. The van der Waals surface area contributed by atoms with Gasteiger partial charge >= 0.3 is 0 Å². The van der Waals surface area contributed by atoms with Crippen LogP contribution in [0.15, 0.2) is 102 Å². The van der Waals surface area contributed by atoms with Crippen molar-refractivity contribution in [3.05, 3.63) is 141 Å². The van der Waals surface area contributed by atoms with Gasteiger partial charge in [0.15, 0.2) is 0 Å². The molecule has 56 heavy (non-hydrogen) atoms. The molecule has 0 spiro atoms. The molecule has 2 heterocycles. The summed E-state index contributed by atoms with van der Waals surface area (Å²) in [4.78, 5) is 47.9. The van der Waals surface area contributed by atoms with Crippen LogP contribution < -0.4 is 20.3 Å². The van der Waals surface area contributed by atoms with Crippen molar-refractivity contribution in [1.29, 1.82) is 0 Å². The molecule has 0 aliphatic rings. The highest BCUT2D eigenvalue weighted by Gasteiger charge is 2.27. The lowest BCUT2D eigenvalue weighted by Crippen LogP contribution is -2.32. The number of pyridine rings is 2. The number of sulfonamides is 1. The predicted molar refractivity (Wildman–Crippen MR) is 221 cm³/mol. The minimum Gasteiger partial charge on any atom is -0.365 e. The number of carbonyl (C=O) groups excluding carboxylic acids is 2. The average molecular weight is 780 g/mol. The zero-order valence-corrected chi connectivity index (χ0v) is 34.2. The number of aromatic nitrogens is 2. The van der Waals surface area contributed by atoms with Gasteiger partial charge in [0.05, 0.1) is 20.9 Å². The number of nitrogens with two attached hydrogens (primary N) is 1. The Morgan fingerprint density at radius 2 is 1.14 bits per heavy atom. The fourth-order valence-corrected chi connectivity index (χ4v) is 6.73. The summed E-state index contributed by atoms with van der Waals surface area (Å²) >= 11 is 0. The summed E-state index contributed by atoms with van der Waals surface area (Å²) in [5.41, 5.74) is 10.7. The smallest absolute Gasteiger partial charge is 0.270 e. The summed E-state index contributed by atoms with van der Waals surface area (Å²) in [6.45, 7) is 16.2. The van der Waals surface area contributed by atoms with E-state index in [2.05, 4.69) is 20.8 Å². The van der Waals surface area contributed by atoms with Crippen molar-refractivity contribution in [3.8, 4) is 0 Å². The number of non-ortho nitro benzene ring substituents is 1. The van der Waals surface area contributed by atoms with Gasteiger partial charge in [0, 0.05) is 59.8 Å². The molecule has 0 saturated carbocycles. The Labute approximate surface area is 328 Å². The third kappa shape index (κ3) is 9.93. The second kappa shape index (κ2) is 16.7. The van der Waals surface area contributed by atoms with Crippen molar-refractivity contribution in [3.63, 3.8) is 0 Å². The molecule has 3 N–H and O–H groups in total. The molecule has 0 unspecified atom stereocenters. The number of para-hydroxylation sites is 2. The summed E-state index contributed by atoms with van der Waals surface area (Å²) in [5.74, 6) is -0.485. The Morgan fingerprint density at radius 1 is 0.696 bits per heavy atom. The van der Waals surface area contributed by atoms with Crippen molar-refractivity contribution in [2.24, 2.45) is 5.73 Å². The number of primary amides is 1. The first kappa shape index (κ1) is 42.6. The van der Waals surface area contributed by atoms with Gasteiger partial charge in [0.1, 0.15) is 11.6 Å². The van der Waals surface area contributed by atoms with Gasteiger partial charge in [-0.15, -0.1) is 0 Å². The molecular weight excluding hydrogens is 731 g/mol. The van der Waals surface area contributed by atoms with Crippen LogP contribution in [0.2, 0.25) is 0 Å². The summed E-state index contributed by atoms with van der Waals surface area (Å²) in [7, 11) is -0.709. The van der Waals surface area contributed by atoms with Gasteiger partial charge in [-0.3, -0.25) is 19.7 Å². The number of hydrogen-bond donors (Lipinski definition) is 2. The van der Waals surface area contributed by atoms with Gasteiger partial charge in [-0.2, -0.15) is 0 Å². The SMILES string of the molecule is Cc1ccccc1N(C)c1nc(C(C)(C)C)ccc1C(=O)NS(=O)(=O)c1cccc([N+](=O)[O-])c1.Cc1ccccc1N(C)c1nc(C(C)(C)C)ccc1C(N)=O. The van der Waals surface area contributed by atoms with Crippen LogP contribution in [-0.2, 0) is 20.9 Å². The van der Waals surface area contributed by atoms with Crippen LogP contribution >= 0.6 is 0 Å². The zero-order chi connectivity index (χ0) is 41.7. The number of carbonyl (C=O) groups is 2. The molecule has 0 saturated heterocycles. The monoisotopic (exact) mass is 779 g/mol. The number of amides is 2.